The van der Waals surface area contributed by atoms with Crippen LogP contribution in [0, 0.1) is 5.92 Å². The van der Waals surface area contributed by atoms with Crippen molar-refractivity contribution in [2.75, 3.05) is 20.2 Å². The molecule has 0 radical (unpaired) electrons. The predicted octanol–water partition coefficient (Wildman–Crippen LogP) is 3.97. The van der Waals surface area contributed by atoms with Crippen LogP contribution in [0.25, 0.3) is 0 Å². The fourth-order valence-corrected chi connectivity index (χ4v) is 2.66. The standard InChI is InChI=1S/C18H32N2O/c1-6-15(7-2)12-20(8-3)13-17-11-16(14(4)19)9-10-18(17)21-5/h9-11,14-15H,6-8,12-13,19H2,1-5H3. The molecule has 0 spiro atoms. The summed E-state index contributed by atoms with van der Waals surface area (Å²) in [7, 11) is 1.74. The van der Waals surface area contributed by atoms with Gasteiger partial charge in [-0.25, -0.2) is 0 Å². The average Bonchev–Trinajstić information content (AvgIpc) is 2.50. The van der Waals surface area contributed by atoms with Gasteiger partial charge in [0.2, 0.25) is 0 Å². The first-order valence-corrected chi connectivity index (χ1v) is 8.20. The summed E-state index contributed by atoms with van der Waals surface area (Å²) >= 11 is 0. The lowest BCUT2D eigenvalue weighted by Crippen LogP contribution is -2.29. The van der Waals surface area contributed by atoms with Crippen LogP contribution in [-0.4, -0.2) is 25.1 Å². The molecule has 1 aromatic carbocycles. The number of benzene rings is 1. The molecule has 3 heteroatoms. The van der Waals surface area contributed by atoms with Crippen molar-refractivity contribution >= 4 is 0 Å². The lowest BCUT2D eigenvalue weighted by Gasteiger charge is -2.26. The second kappa shape index (κ2) is 9.06. The van der Waals surface area contributed by atoms with E-state index < -0.39 is 0 Å². The van der Waals surface area contributed by atoms with Gasteiger partial charge in [0.1, 0.15) is 5.75 Å². The summed E-state index contributed by atoms with van der Waals surface area (Å²) in [6.45, 7) is 11.9. The molecule has 0 bridgehead atoms. The van der Waals surface area contributed by atoms with Crippen molar-refractivity contribution in [3.8, 4) is 5.75 Å². The van der Waals surface area contributed by atoms with Gasteiger partial charge >= 0.3 is 0 Å². The molecule has 1 rings (SSSR count). The Morgan fingerprint density at radius 1 is 1.19 bits per heavy atom. The third-order valence-electron chi connectivity index (χ3n) is 4.34. The third-order valence-corrected chi connectivity index (χ3v) is 4.34. The van der Waals surface area contributed by atoms with Crippen molar-refractivity contribution in [3.63, 3.8) is 0 Å². The van der Waals surface area contributed by atoms with E-state index in [1.54, 1.807) is 7.11 Å². The Hall–Kier alpha value is -1.06. The van der Waals surface area contributed by atoms with E-state index in [4.69, 9.17) is 10.5 Å². The van der Waals surface area contributed by atoms with Crippen LogP contribution in [0.15, 0.2) is 18.2 Å². The monoisotopic (exact) mass is 292 g/mol. The molecule has 0 heterocycles. The van der Waals surface area contributed by atoms with Gasteiger partial charge in [0.15, 0.2) is 0 Å². The summed E-state index contributed by atoms with van der Waals surface area (Å²) in [4.78, 5) is 2.50. The summed E-state index contributed by atoms with van der Waals surface area (Å²) in [5, 5.41) is 0. The Morgan fingerprint density at radius 3 is 2.33 bits per heavy atom. The van der Waals surface area contributed by atoms with Crippen LogP contribution in [0.5, 0.6) is 5.75 Å². The Bertz CT molecular complexity index is 414. The normalized spacial score (nSPS) is 13.0. The van der Waals surface area contributed by atoms with Crippen molar-refractivity contribution in [2.24, 2.45) is 11.7 Å². The van der Waals surface area contributed by atoms with Crippen LogP contribution in [0.2, 0.25) is 0 Å². The topological polar surface area (TPSA) is 38.5 Å². The Labute approximate surface area is 130 Å². The number of ether oxygens (including phenoxy) is 1. The van der Waals surface area contributed by atoms with Crippen LogP contribution in [0.4, 0.5) is 0 Å². The van der Waals surface area contributed by atoms with E-state index in [1.165, 1.54) is 24.0 Å². The summed E-state index contributed by atoms with van der Waals surface area (Å²) in [6.07, 6.45) is 2.48. The van der Waals surface area contributed by atoms with Gasteiger partial charge in [-0.3, -0.25) is 4.90 Å². The first-order chi connectivity index (χ1) is 10.0. The minimum absolute atomic E-state index is 0.0590. The molecule has 0 amide bonds. The van der Waals surface area contributed by atoms with Gasteiger partial charge in [0, 0.05) is 24.7 Å². The molecule has 1 atom stereocenters. The van der Waals surface area contributed by atoms with E-state index in [1.807, 2.05) is 13.0 Å². The van der Waals surface area contributed by atoms with Gasteiger partial charge in [-0.1, -0.05) is 39.7 Å². The highest BCUT2D eigenvalue weighted by Crippen LogP contribution is 2.24. The van der Waals surface area contributed by atoms with E-state index in [0.717, 1.165) is 31.3 Å². The number of nitrogens with zero attached hydrogens (tertiary/aromatic N) is 1. The molecule has 0 saturated carbocycles. The highest BCUT2D eigenvalue weighted by Gasteiger charge is 2.14. The molecule has 120 valence electrons. The minimum Gasteiger partial charge on any atom is -0.496 e. The van der Waals surface area contributed by atoms with Crippen LogP contribution in [0.3, 0.4) is 0 Å². The number of rotatable bonds is 9. The second-order valence-electron chi connectivity index (χ2n) is 5.87. The minimum atomic E-state index is 0.0590. The summed E-state index contributed by atoms with van der Waals surface area (Å²) in [5.41, 5.74) is 8.41. The fourth-order valence-electron chi connectivity index (χ4n) is 2.66. The Kier molecular flexibility index (Phi) is 7.76. The molecule has 0 aromatic heterocycles. The second-order valence-corrected chi connectivity index (χ2v) is 5.87. The number of nitrogens with two attached hydrogens (primary N) is 1. The van der Waals surface area contributed by atoms with Gasteiger partial charge in [-0.05, 0) is 37.1 Å². The molecule has 2 N–H and O–H groups in total. The van der Waals surface area contributed by atoms with E-state index in [9.17, 15) is 0 Å². The van der Waals surface area contributed by atoms with Crippen molar-refractivity contribution in [1.82, 2.24) is 4.90 Å². The molecule has 1 unspecified atom stereocenters. The van der Waals surface area contributed by atoms with Gasteiger partial charge in [0.05, 0.1) is 7.11 Å². The zero-order valence-corrected chi connectivity index (χ0v) is 14.4. The van der Waals surface area contributed by atoms with Crippen LogP contribution in [-0.2, 0) is 6.54 Å². The molecule has 21 heavy (non-hydrogen) atoms. The third kappa shape index (κ3) is 5.33. The number of methoxy groups -OCH3 is 1. The zero-order valence-electron chi connectivity index (χ0n) is 14.4. The number of hydrogen-bond donors (Lipinski definition) is 1. The maximum Gasteiger partial charge on any atom is 0.123 e. The fraction of sp³-hybridized carbons (Fsp3) is 0.667. The summed E-state index contributed by atoms with van der Waals surface area (Å²) in [6, 6.07) is 6.35. The molecule has 0 saturated heterocycles. The highest BCUT2D eigenvalue weighted by molar-refractivity contribution is 5.38. The van der Waals surface area contributed by atoms with Gasteiger partial charge < -0.3 is 10.5 Å². The maximum atomic E-state index is 6.01. The van der Waals surface area contributed by atoms with Crippen LogP contribution in [0.1, 0.15) is 57.7 Å². The van der Waals surface area contributed by atoms with Gasteiger partial charge in [0.25, 0.3) is 0 Å². The number of hydrogen-bond acceptors (Lipinski definition) is 3. The van der Waals surface area contributed by atoms with Crippen LogP contribution >= 0.6 is 0 Å². The van der Waals surface area contributed by atoms with Crippen molar-refractivity contribution < 1.29 is 4.74 Å². The summed E-state index contributed by atoms with van der Waals surface area (Å²) in [5.74, 6) is 1.73. The predicted molar refractivity (Wildman–Crippen MR) is 90.6 cm³/mol. The molecular formula is C18H32N2O. The highest BCUT2D eigenvalue weighted by atomic mass is 16.5. The van der Waals surface area contributed by atoms with Crippen molar-refractivity contribution in [3.05, 3.63) is 29.3 Å². The molecule has 0 aliphatic carbocycles. The SMILES string of the molecule is CCC(CC)CN(CC)Cc1cc(C(C)N)ccc1OC. The quantitative estimate of drug-likeness (QED) is 0.748. The molecule has 1 aromatic rings. The summed E-state index contributed by atoms with van der Waals surface area (Å²) < 4.78 is 5.52. The van der Waals surface area contributed by atoms with Crippen molar-refractivity contribution in [2.45, 2.75) is 53.1 Å². The zero-order chi connectivity index (χ0) is 15.8. The lowest BCUT2D eigenvalue weighted by atomic mass is 10.0. The molecule has 0 aliphatic heterocycles. The molecule has 3 nitrogen and oxygen atoms in total. The maximum absolute atomic E-state index is 6.01. The van der Waals surface area contributed by atoms with E-state index in [-0.39, 0.29) is 6.04 Å². The molecule has 0 fully saturated rings. The van der Waals surface area contributed by atoms with E-state index in [0.29, 0.717) is 0 Å². The first-order valence-electron chi connectivity index (χ1n) is 8.20. The van der Waals surface area contributed by atoms with Gasteiger partial charge in [-0.2, -0.15) is 0 Å². The van der Waals surface area contributed by atoms with E-state index in [2.05, 4.69) is 37.8 Å². The van der Waals surface area contributed by atoms with Crippen LogP contribution < -0.4 is 10.5 Å². The molecular weight excluding hydrogens is 260 g/mol. The Balaban J connectivity index is 2.89. The largest absolute Gasteiger partial charge is 0.496 e. The lowest BCUT2D eigenvalue weighted by molar-refractivity contribution is 0.223. The Morgan fingerprint density at radius 2 is 1.86 bits per heavy atom. The smallest absolute Gasteiger partial charge is 0.123 e. The van der Waals surface area contributed by atoms with Gasteiger partial charge in [-0.15, -0.1) is 0 Å². The van der Waals surface area contributed by atoms with Crippen molar-refractivity contribution in [1.29, 1.82) is 0 Å². The first kappa shape index (κ1) is 18.0. The average molecular weight is 292 g/mol. The molecule has 0 aliphatic rings. The van der Waals surface area contributed by atoms with E-state index >= 15 is 0 Å².